The standard InChI is InChI=1S/3C20H18N.C17H12N2O.C17H11N2O.CHF3O3S.2CH4O.2Ir/c3*1-15(2)16-8-10-18(11-9-16)20-14-19(12-13-21-20)17-6-4-3-5-7-17;2*1-11-8-9-13-12-5-4-6-14(15-7-2-3-10-18-15)16(12)20-17(13)19-11;2-1(3,4)8(5,6)7;2*1-2;;/h3*3-10,12-15H,1-2H3;2-10H,1H3;2-5,7-10H,1H3;(H,5,6,7);2*2H,1H3;;/q3*-1;;-1;;;;;/i;;;2*1D3;;;;;. The zero-order valence-corrected chi connectivity index (χ0v) is 70.5. The van der Waals surface area contributed by atoms with Crippen molar-refractivity contribution in [1.82, 2.24) is 34.9 Å². The average Bonchev–Trinajstić information content (AvgIpc) is 1.62. The number of hydrogen-bond donors (Lipinski definition) is 3. The molecule has 0 bridgehead atoms. The van der Waals surface area contributed by atoms with Crippen molar-refractivity contribution in [2.24, 2.45) is 0 Å². The predicted molar refractivity (Wildman–Crippen MR) is 456 cm³/mol. The Balaban J connectivity index is 0.000000184. The van der Waals surface area contributed by atoms with E-state index in [2.05, 4.69) is 246 Å². The molecule has 0 saturated carbocycles. The molecule has 14 nitrogen and oxygen atoms in total. The van der Waals surface area contributed by atoms with Crippen molar-refractivity contribution in [3.63, 3.8) is 0 Å². The molecule has 117 heavy (non-hydrogen) atoms. The van der Waals surface area contributed by atoms with Crippen molar-refractivity contribution in [3.8, 4) is 89.7 Å². The van der Waals surface area contributed by atoms with Crippen LogP contribution in [0.3, 0.4) is 0 Å². The largest absolute Gasteiger partial charge is 0.522 e. The summed E-state index contributed by atoms with van der Waals surface area (Å²) in [7, 11) is -3.84. The van der Waals surface area contributed by atoms with Gasteiger partial charge in [-0.1, -0.05) is 210 Å². The molecular weight excluding hydrogens is 1850 g/mol. The zero-order valence-electron chi connectivity index (χ0n) is 70.9. The van der Waals surface area contributed by atoms with Crippen molar-refractivity contribution in [2.75, 3.05) is 14.2 Å². The van der Waals surface area contributed by atoms with Crippen LogP contribution in [-0.4, -0.2) is 77.8 Å². The summed E-state index contributed by atoms with van der Waals surface area (Å²) in [5, 5.41) is 17.3. The minimum Gasteiger partial charge on any atom is -0.486 e. The summed E-state index contributed by atoms with van der Waals surface area (Å²) < 4.78 is 114. The molecule has 0 amide bonds. The minimum absolute atomic E-state index is 0. The van der Waals surface area contributed by atoms with E-state index in [1.54, 1.807) is 30.6 Å². The Hall–Kier alpha value is -11.7. The molecule has 9 heterocycles. The summed E-state index contributed by atoms with van der Waals surface area (Å²) in [5.74, 6) is 1.58. The third-order valence-corrected chi connectivity index (χ3v) is 18.3. The van der Waals surface area contributed by atoms with Gasteiger partial charge in [0, 0.05) is 127 Å². The normalized spacial score (nSPS) is 11.7. The fourth-order valence-corrected chi connectivity index (χ4v) is 11.8. The van der Waals surface area contributed by atoms with Crippen molar-refractivity contribution in [2.45, 2.75) is 78.5 Å². The zero-order chi connectivity index (χ0) is 87.0. The van der Waals surface area contributed by atoms with Crippen molar-refractivity contribution < 1.29 is 93.6 Å². The molecule has 2 radical (unpaired) electrons. The Morgan fingerprint density at radius 3 is 1.08 bits per heavy atom. The summed E-state index contributed by atoms with van der Waals surface area (Å²) in [6.07, 6.45) is 9.02. The van der Waals surface area contributed by atoms with Gasteiger partial charge in [0.15, 0.2) is 0 Å². The van der Waals surface area contributed by atoms with Gasteiger partial charge in [0.25, 0.3) is 0 Å². The molecular formula is C97H86F3Ir2N7O7S-4. The molecule has 0 aliphatic heterocycles. The van der Waals surface area contributed by atoms with Gasteiger partial charge in [0.1, 0.15) is 5.58 Å². The summed E-state index contributed by atoms with van der Waals surface area (Å²) in [6.45, 7) is 8.64. The number of nitrogens with zero attached hydrogens (tertiary/aromatic N) is 7. The number of aliphatic hydroxyl groups is 2. The number of benzene rings is 8. The third kappa shape index (κ3) is 24.5. The molecule has 600 valence electrons. The quantitative estimate of drug-likeness (QED) is 0.0625. The van der Waals surface area contributed by atoms with Crippen LogP contribution in [0.4, 0.5) is 13.2 Å². The van der Waals surface area contributed by atoms with Gasteiger partial charge in [-0.25, -0.2) is 9.97 Å². The van der Waals surface area contributed by atoms with Crippen LogP contribution < -0.4 is 0 Å². The number of aliphatic hydroxyl groups excluding tert-OH is 2. The first-order valence-electron chi connectivity index (χ1n) is 39.5. The molecule has 0 unspecified atom stereocenters. The molecule has 0 aliphatic rings. The molecule has 3 N–H and O–H groups in total. The number of aryl methyl sites for hydroxylation is 2. The van der Waals surface area contributed by atoms with Gasteiger partial charge < -0.3 is 39.0 Å². The van der Waals surface area contributed by atoms with Gasteiger partial charge in [-0.05, 0) is 137 Å². The Morgan fingerprint density at radius 2 is 0.735 bits per heavy atom. The summed E-state index contributed by atoms with van der Waals surface area (Å²) in [4.78, 5) is 30.4. The number of aromatic nitrogens is 7. The molecule has 0 atom stereocenters. The minimum atomic E-state index is -5.84. The van der Waals surface area contributed by atoms with E-state index in [0.717, 1.165) is 92.1 Å². The topological polar surface area (TPSA) is 211 Å². The maximum absolute atomic E-state index is 10.7. The second-order valence-corrected chi connectivity index (χ2v) is 27.8. The second kappa shape index (κ2) is 43.9. The number of furan rings is 2. The van der Waals surface area contributed by atoms with Gasteiger partial charge in [0.2, 0.25) is 11.4 Å². The maximum Gasteiger partial charge on any atom is 0.522 e. The van der Waals surface area contributed by atoms with Crippen LogP contribution >= 0.6 is 0 Å². The molecule has 17 rings (SSSR count). The first-order chi connectivity index (χ1) is 58.0. The van der Waals surface area contributed by atoms with E-state index in [4.69, 9.17) is 40.2 Å². The number of alkyl halides is 3. The predicted octanol–water partition coefficient (Wildman–Crippen LogP) is 24.1. The second-order valence-electron chi connectivity index (χ2n) is 26.4. The van der Waals surface area contributed by atoms with Crippen LogP contribution in [0, 0.1) is 38.0 Å². The van der Waals surface area contributed by atoms with Crippen LogP contribution in [-0.2, 0) is 50.3 Å². The Labute approximate surface area is 716 Å². The molecule has 8 aromatic carbocycles. The van der Waals surface area contributed by atoms with Gasteiger partial charge in [-0.3, -0.25) is 9.54 Å². The van der Waals surface area contributed by atoms with Gasteiger partial charge in [-0.2, -0.15) is 21.6 Å². The van der Waals surface area contributed by atoms with E-state index in [0.29, 0.717) is 40.3 Å². The summed E-state index contributed by atoms with van der Waals surface area (Å²) in [5.41, 5.74) is 16.7. The fraction of sp³-hybridized carbons (Fsp3) is 0.144. The Morgan fingerprint density at radius 1 is 0.376 bits per heavy atom. The van der Waals surface area contributed by atoms with Gasteiger partial charge in [0.05, 0.1) is 11.3 Å². The molecule has 0 spiro atoms. The van der Waals surface area contributed by atoms with E-state index in [-0.39, 0.29) is 51.6 Å². The first-order valence-corrected chi connectivity index (χ1v) is 37.9. The Bertz CT molecular complexity index is 5810. The fourth-order valence-electron chi connectivity index (χ4n) is 11.8. The van der Waals surface area contributed by atoms with Crippen LogP contribution in [0.25, 0.3) is 134 Å². The number of halogens is 3. The molecule has 0 aliphatic carbocycles. The monoisotopic (exact) mass is 1940 g/mol. The number of fused-ring (bicyclic) bond motifs is 6. The molecule has 17 aromatic rings. The van der Waals surface area contributed by atoms with Crippen molar-refractivity contribution in [3.05, 3.63) is 356 Å². The van der Waals surface area contributed by atoms with Gasteiger partial charge in [-0.15, -0.1) is 124 Å². The number of para-hydroxylation sites is 1. The van der Waals surface area contributed by atoms with Crippen molar-refractivity contribution >= 4 is 54.3 Å². The van der Waals surface area contributed by atoms with E-state index in [1.807, 2.05) is 116 Å². The van der Waals surface area contributed by atoms with Crippen molar-refractivity contribution in [1.29, 1.82) is 0 Å². The number of hydrogen-bond acceptors (Lipinski definition) is 13. The van der Waals surface area contributed by atoms with Gasteiger partial charge >= 0.3 is 15.6 Å². The smallest absolute Gasteiger partial charge is 0.486 e. The van der Waals surface area contributed by atoms with Crippen LogP contribution in [0.5, 0.6) is 0 Å². The van der Waals surface area contributed by atoms with E-state index >= 15 is 0 Å². The molecule has 0 fully saturated rings. The van der Waals surface area contributed by atoms with Crippen LogP contribution in [0.1, 0.15) is 95.6 Å². The summed E-state index contributed by atoms with van der Waals surface area (Å²) >= 11 is 0. The maximum atomic E-state index is 10.7. The molecule has 9 aromatic heterocycles. The van der Waals surface area contributed by atoms with E-state index < -0.39 is 29.3 Å². The van der Waals surface area contributed by atoms with E-state index in [1.165, 1.54) is 62.2 Å². The van der Waals surface area contributed by atoms with Crippen LogP contribution in [0.2, 0.25) is 0 Å². The first kappa shape index (κ1) is 81.9. The van der Waals surface area contributed by atoms with Crippen LogP contribution in [0.15, 0.2) is 313 Å². The van der Waals surface area contributed by atoms with E-state index in [9.17, 15) is 13.2 Å². The third-order valence-electron chi connectivity index (χ3n) is 17.8. The Kier molecular flexibility index (Phi) is 30.7. The molecule has 0 saturated heterocycles. The average molecular weight is 1940 g/mol. The summed E-state index contributed by atoms with van der Waals surface area (Å²) in [6, 6.07) is 103. The SMILES string of the molecule is CC(C)c1c[c-]c(-c2cc(-c3ccccc3)ccn2)cc1.CC(C)c1c[c-]c(-c2cc(-c3ccccc3)ccn2)cc1.CC(C)c1c[c-]c(-c2cc(-c3ccccc3)ccn2)cc1.CO.CO.O=S(=O)(O)C(F)(F)F.[2H]C([2H])([2H])c1ccc2c(n1)oc1c(-c3ccccn3)[c-]ccc12.[2H]C([2H])([2H])c1ccc2c(n1)oc1c(-c3ccccn3)cccc12.[Ir].[Ir]. The number of pyridine rings is 7. The number of rotatable bonds is 11. The molecule has 20 heteroatoms.